The van der Waals surface area contributed by atoms with Gasteiger partial charge in [0, 0.05) is 7.11 Å². The molecular formula is C7H8FNO2. The van der Waals surface area contributed by atoms with Gasteiger partial charge in [-0.2, -0.15) is 0 Å². The first-order valence-corrected chi connectivity index (χ1v) is 2.86. The van der Waals surface area contributed by atoms with E-state index in [1.54, 1.807) is 0 Å². The number of nitrogens with zero attached hydrogens (tertiary/aromatic N) is 1. The summed E-state index contributed by atoms with van der Waals surface area (Å²) in [5, 5.41) is 9.59. The van der Waals surface area contributed by atoms with Gasteiger partial charge < -0.3 is 5.11 Å². The van der Waals surface area contributed by atoms with Crippen molar-refractivity contribution in [1.29, 1.82) is 0 Å². The second-order valence-corrected chi connectivity index (χ2v) is 1.57. The molecule has 0 fully saturated rings. The number of hydrogen-bond donors (Lipinski definition) is 1. The Balaban J connectivity index is 0.000000461. The summed E-state index contributed by atoms with van der Waals surface area (Å²) in [7, 11) is 1.00. The highest BCUT2D eigenvalue weighted by Crippen LogP contribution is 2.10. The molecule has 0 aliphatic carbocycles. The SMILES string of the molecule is CO.O=Nc1ccc(F)cc1. The van der Waals surface area contributed by atoms with Crippen LogP contribution >= 0.6 is 0 Å². The normalized spacial score (nSPS) is 7.91. The Morgan fingerprint density at radius 2 is 1.73 bits per heavy atom. The largest absolute Gasteiger partial charge is 0.400 e. The maximum Gasteiger partial charge on any atom is 0.123 e. The zero-order valence-corrected chi connectivity index (χ0v) is 5.99. The first kappa shape index (κ1) is 9.71. The summed E-state index contributed by atoms with van der Waals surface area (Å²) in [6.07, 6.45) is 0. The molecule has 0 spiro atoms. The second kappa shape index (κ2) is 5.49. The first-order valence-electron chi connectivity index (χ1n) is 2.86. The molecule has 0 saturated heterocycles. The number of aliphatic hydroxyl groups excluding tert-OH is 1. The standard InChI is InChI=1S/C6H4FNO.CH4O/c7-5-1-3-6(8-9)4-2-5;1-2/h1-4H;2H,1H3. The predicted octanol–water partition coefficient (Wildman–Crippen LogP) is 1.83. The minimum Gasteiger partial charge on any atom is -0.400 e. The van der Waals surface area contributed by atoms with Crippen LogP contribution in [0.15, 0.2) is 29.4 Å². The maximum absolute atomic E-state index is 12.1. The summed E-state index contributed by atoms with van der Waals surface area (Å²) in [6, 6.07) is 5.03. The van der Waals surface area contributed by atoms with Gasteiger partial charge in [-0.25, -0.2) is 4.39 Å². The molecule has 0 amide bonds. The zero-order chi connectivity index (χ0) is 8.69. The van der Waals surface area contributed by atoms with Gasteiger partial charge >= 0.3 is 0 Å². The van der Waals surface area contributed by atoms with Crippen LogP contribution in [0, 0.1) is 10.7 Å². The average molecular weight is 157 g/mol. The van der Waals surface area contributed by atoms with Gasteiger partial charge in [0.2, 0.25) is 0 Å². The molecular weight excluding hydrogens is 149 g/mol. The van der Waals surface area contributed by atoms with Crippen LogP contribution in [-0.4, -0.2) is 12.2 Å². The third-order valence-electron chi connectivity index (χ3n) is 0.932. The fourth-order valence-corrected chi connectivity index (χ4v) is 0.502. The lowest BCUT2D eigenvalue weighted by Crippen LogP contribution is -1.67. The zero-order valence-electron chi connectivity index (χ0n) is 5.99. The van der Waals surface area contributed by atoms with E-state index in [1.165, 1.54) is 24.3 Å². The molecule has 0 bridgehead atoms. The van der Waals surface area contributed by atoms with Crippen molar-refractivity contribution in [2.24, 2.45) is 5.18 Å². The smallest absolute Gasteiger partial charge is 0.123 e. The highest BCUT2D eigenvalue weighted by Gasteiger charge is 1.89. The van der Waals surface area contributed by atoms with Crippen LogP contribution in [0.1, 0.15) is 0 Å². The van der Waals surface area contributed by atoms with Crippen LogP contribution in [0.4, 0.5) is 10.1 Å². The van der Waals surface area contributed by atoms with Crippen molar-refractivity contribution in [3.8, 4) is 0 Å². The lowest BCUT2D eigenvalue weighted by molar-refractivity contribution is 0.399. The van der Waals surface area contributed by atoms with E-state index in [0.29, 0.717) is 0 Å². The average Bonchev–Trinajstić information content (AvgIpc) is 2.10. The highest BCUT2D eigenvalue weighted by atomic mass is 19.1. The molecule has 3 nitrogen and oxygen atoms in total. The molecule has 1 aromatic rings. The van der Waals surface area contributed by atoms with Gasteiger partial charge in [0.25, 0.3) is 0 Å². The number of halogens is 1. The van der Waals surface area contributed by atoms with Crippen LogP contribution < -0.4 is 0 Å². The Morgan fingerprint density at radius 3 is 2.09 bits per heavy atom. The number of nitroso groups, excluding NO2 is 1. The van der Waals surface area contributed by atoms with Crippen molar-refractivity contribution in [1.82, 2.24) is 0 Å². The molecule has 1 aromatic carbocycles. The summed E-state index contributed by atoms with van der Waals surface area (Å²) in [5.74, 6) is -0.359. The lowest BCUT2D eigenvalue weighted by Gasteiger charge is -1.85. The van der Waals surface area contributed by atoms with Crippen LogP contribution in [0.25, 0.3) is 0 Å². The topological polar surface area (TPSA) is 49.7 Å². The van der Waals surface area contributed by atoms with E-state index in [-0.39, 0.29) is 11.5 Å². The Bertz CT molecular complexity index is 210. The Morgan fingerprint density at radius 1 is 1.27 bits per heavy atom. The second-order valence-electron chi connectivity index (χ2n) is 1.57. The van der Waals surface area contributed by atoms with Crippen molar-refractivity contribution < 1.29 is 9.50 Å². The van der Waals surface area contributed by atoms with Gasteiger partial charge in [-0.15, -0.1) is 4.91 Å². The van der Waals surface area contributed by atoms with E-state index in [2.05, 4.69) is 5.18 Å². The fourth-order valence-electron chi connectivity index (χ4n) is 0.502. The van der Waals surface area contributed by atoms with Gasteiger partial charge in [-0.05, 0) is 29.4 Å². The van der Waals surface area contributed by atoms with Gasteiger partial charge in [0.1, 0.15) is 11.5 Å². The number of aliphatic hydroxyl groups is 1. The van der Waals surface area contributed by atoms with E-state index in [1.807, 2.05) is 0 Å². The Kier molecular flexibility index (Phi) is 4.85. The molecule has 4 heteroatoms. The van der Waals surface area contributed by atoms with Gasteiger partial charge in [-0.3, -0.25) is 0 Å². The molecule has 0 unspecified atom stereocenters. The number of hydrogen-bond acceptors (Lipinski definition) is 3. The molecule has 1 rings (SSSR count). The van der Waals surface area contributed by atoms with Gasteiger partial charge in [0.15, 0.2) is 0 Å². The monoisotopic (exact) mass is 157 g/mol. The summed E-state index contributed by atoms with van der Waals surface area (Å²) >= 11 is 0. The fraction of sp³-hybridized carbons (Fsp3) is 0.143. The third kappa shape index (κ3) is 3.42. The van der Waals surface area contributed by atoms with Crippen molar-refractivity contribution in [2.75, 3.05) is 7.11 Å². The van der Waals surface area contributed by atoms with Crippen LogP contribution in [0.2, 0.25) is 0 Å². The Labute approximate surface area is 63.5 Å². The third-order valence-corrected chi connectivity index (χ3v) is 0.932. The predicted molar refractivity (Wildman–Crippen MR) is 40.0 cm³/mol. The van der Waals surface area contributed by atoms with Crippen LogP contribution in [0.5, 0.6) is 0 Å². The molecule has 0 aliphatic rings. The number of benzene rings is 1. The first-order chi connectivity index (χ1) is 5.33. The van der Waals surface area contributed by atoms with Crippen LogP contribution in [0.3, 0.4) is 0 Å². The van der Waals surface area contributed by atoms with Crippen molar-refractivity contribution >= 4 is 5.69 Å². The molecule has 0 atom stereocenters. The van der Waals surface area contributed by atoms with Gasteiger partial charge in [0.05, 0.1) is 0 Å². The van der Waals surface area contributed by atoms with Crippen molar-refractivity contribution in [2.45, 2.75) is 0 Å². The van der Waals surface area contributed by atoms with E-state index in [0.717, 1.165) is 7.11 Å². The molecule has 60 valence electrons. The maximum atomic E-state index is 12.1. The molecule has 11 heavy (non-hydrogen) atoms. The molecule has 0 heterocycles. The minimum atomic E-state index is -0.359. The lowest BCUT2D eigenvalue weighted by atomic mass is 10.3. The van der Waals surface area contributed by atoms with Crippen molar-refractivity contribution in [3.05, 3.63) is 35.0 Å². The summed E-state index contributed by atoms with van der Waals surface area (Å²) in [5.41, 5.74) is 0.247. The quantitative estimate of drug-likeness (QED) is 0.632. The van der Waals surface area contributed by atoms with Crippen LogP contribution in [-0.2, 0) is 0 Å². The molecule has 1 N–H and O–H groups in total. The van der Waals surface area contributed by atoms with E-state index >= 15 is 0 Å². The molecule has 0 aromatic heterocycles. The minimum absolute atomic E-state index is 0.247. The van der Waals surface area contributed by atoms with Crippen molar-refractivity contribution in [3.63, 3.8) is 0 Å². The Hall–Kier alpha value is -1.29. The molecule has 0 radical (unpaired) electrons. The van der Waals surface area contributed by atoms with Gasteiger partial charge in [-0.1, -0.05) is 0 Å². The summed E-state index contributed by atoms with van der Waals surface area (Å²) in [4.78, 5) is 9.75. The summed E-state index contributed by atoms with van der Waals surface area (Å²) < 4.78 is 12.1. The molecule has 0 aliphatic heterocycles. The van der Waals surface area contributed by atoms with E-state index in [4.69, 9.17) is 5.11 Å². The van der Waals surface area contributed by atoms with E-state index in [9.17, 15) is 9.30 Å². The highest BCUT2D eigenvalue weighted by molar-refractivity contribution is 5.35. The molecule has 0 saturated carbocycles. The van der Waals surface area contributed by atoms with E-state index < -0.39 is 0 Å². The number of rotatable bonds is 1. The summed E-state index contributed by atoms with van der Waals surface area (Å²) in [6.45, 7) is 0.